The lowest BCUT2D eigenvalue weighted by Gasteiger charge is -2.10. The van der Waals surface area contributed by atoms with Gasteiger partial charge in [-0.1, -0.05) is 12.1 Å². The van der Waals surface area contributed by atoms with Crippen molar-refractivity contribution in [2.24, 2.45) is 0 Å². The van der Waals surface area contributed by atoms with Crippen molar-refractivity contribution in [1.29, 1.82) is 0 Å². The molecule has 3 aromatic rings. The zero-order valence-electron chi connectivity index (χ0n) is 12.7. The minimum absolute atomic E-state index is 0.138. The lowest BCUT2D eigenvalue weighted by molar-refractivity contribution is 0.102. The maximum absolute atomic E-state index is 12.4. The van der Waals surface area contributed by atoms with Crippen LogP contribution in [0, 0.1) is 6.92 Å². The molecule has 0 bridgehead atoms. The molecule has 3 rings (SSSR count). The number of nitrogens with one attached hydrogen (secondary N) is 1. The quantitative estimate of drug-likeness (QED) is 0.665. The summed E-state index contributed by atoms with van der Waals surface area (Å²) in [6, 6.07) is 13.6. The van der Waals surface area contributed by atoms with E-state index in [2.05, 4.69) is 27.1 Å². The molecule has 0 saturated carbocycles. The van der Waals surface area contributed by atoms with Crippen LogP contribution < -0.4 is 5.32 Å². The van der Waals surface area contributed by atoms with Gasteiger partial charge in [0.15, 0.2) is 0 Å². The molecule has 0 spiro atoms. The van der Waals surface area contributed by atoms with E-state index in [4.69, 9.17) is 0 Å². The Morgan fingerprint density at radius 3 is 2.83 bits per heavy atom. The van der Waals surface area contributed by atoms with Crippen LogP contribution in [0.1, 0.15) is 21.6 Å². The molecule has 0 atom stereocenters. The first-order chi connectivity index (χ1) is 11.2. The SMILES string of the molecule is Cc1ccc(C(=O)Nc2ccccc2SCc2ccsc2)cn1. The highest BCUT2D eigenvalue weighted by molar-refractivity contribution is 7.98. The normalized spacial score (nSPS) is 10.5. The molecule has 1 aromatic carbocycles. The van der Waals surface area contributed by atoms with Crippen LogP contribution in [0.4, 0.5) is 5.69 Å². The molecular formula is C18H16N2OS2. The molecule has 0 unspecified atom stereocenters. The van der Waals surface area contributed by atoms with Gasteiger partial charge in [0, 0.05) is 22.5 Å². The van der Waals surface area contributed by atoms with Crippen LogP contribution in [-0.2, 0) is 5.75 Å². The van der Waals surface area contributed by atoms with E-state index in [1.165, 1.54) is 5.56 Å². The Morgan fingerprint density at radius 2 is 2.09 bits per heavy atom. The second kappa shape index (κ2) is 7.44. The molecule has 116 valence electrons. The van der Waals surface area contributed by atoms with Crippen molar-refractivity contribution in [1.82, 2.24) is 4.98 Å². The van der Waals surface area contributed by atoms with Crippen LogP contribution in [-0.4, -0.2) is 10.9 Å². The van der Waals surface area contributed by atoms with E-state index in [9.17, 15) is 4.79 Å². The van der Waals surface area contributed by atoms with Crippen LogP contribution in [0.15, 0.2) is 64.3 Å². The van der Waals surface area contributed by atoms with Gasteiger partial charge < -0.3 is 5.32 Å². The van der Waals surface area contributed by atoms with E-state index >= 15 is 0 Å². The van der Waals surface area contributed by atoms with Gasteiger partial charge in [-0.15, -0.1) is 11.8 Å². The molecule has 5 heteroatoms. The maximum atomic E-state index is 12.4. The van der Waals surface area contributed by atoms with E-state index in [0.29, 0.717) is 5.56 Å². The summed E-state index contributed by atoms with van der Waals surface area (Å²) in [6.45, 7) is 1.90. The van der Waals surface area contributed by atoms with Crippen molar-refractivity contribution in [3.63, 3.8) is 0 Å². The number of para-hydroxylation sites is 1. The maximum Gasteiger partial charge on any atom is 0.257 e. The Kier molecular flexibility index (Phi) is 5.10. The Hall–Kier alpha value is -2.11. The Bertz CT molecular complexity index is 783. The predicted octanol–water partition coefficient (Wildman–Crippen LogP) is 5.00. The van der Waals surface area contributed by atoms with Gasteiger partial charge in [-0.25, -0.2) is 0 Å². The summed E-state index contributed by atoms with van der Waals surface area (Å²) in [5.41, 5.74) is 3.59. The summed E-state index contributed by atoms with van der Waals surface area (Å²) in [4.78, 5) is 17.6. The van der Waals surface area contributed by atoms with Crippen molar-refractivity contribution < 1.29 is 4.79 Å². The van der Waals surface area contributed by atoms with Gasteiger partial charge in [-0.3, -0.25) is 9.78 Å². The number of hydrogen-bond acceptors (Lipinski definition) is 4. The first-order valence-corrected chi connectivity index (χ1v) is 9.12. The average molecular weight is 340 g/mol. The Balaban J connectivity index is 1.72. The summed E-state index contributed by atoms with van der Waals surface area (Å²) in [7, 11) is 0. The number of thioether (sulfide) groups is 1. The lowest BCUT2D eigenvalue weighted by atomic mass is 10.2. The molecule has 2 aromatic heterocycles. The first-order valence-electron chi connectivity index (χ1n) is 7.19. The summed E-state index contributed by atoms with van der Waals surface area (Å²) < 4.78 is 0. The molecule has 0 radical (unpaired) electrons. The van der Waals surface area contributed by atoms with E-state index in [-0.39, 0.29) is 5.91 Å². The third-order valence-electron chi connectivity index (χ3n) is 3.28. The van der Waals surface area contributed by atoms with Crippen LogP contribution in [0.2, 0.25) is 0 Å². The van der Waals surface area contributed by atoms with Crippen LogP contribution in [0.5, 0.6) is 0 Å². The zero-order chi connectivity index (χ0) is 16.1. The van der Waals surface area contributed by atoms with E-state index in [1.807, 2.05) is 37.3 Å². The van der Waals surface area contributed by atoms with Crippen LogP contribution >= 0.6 is 23.1 Å². The van der Waals surface area contributed by atoms with Gasteiger partial charge >= 0.3 is 0 Å². The topological polar surface area (TPSA) is 42.0 Å². The molecule has 1 amide bonds. The molecule has 23 heavy (non-hydrogen) atoms. The standard InChI is InChI=1S/C18H16N2OS2/c1-13-6-7-15(10-19-13)18(21)20-16-4-2-3-5-17(16)23-12-14-8-9-22-11-14/h2-11H,12H2,1H3,(H,20,21). The number of aryl methyl sites for hydroxylation is 1. The summed E-state index contributed by atoms with van der Waals surface area (Å²) >= 11 is 3.42. The van der Waals surface area contributed by atoms with Crippen molar-refractivity contribution in [3.8, 4) is 0 Å². The van der Waals surface area contributed by atoms with E-state index in [0.717, 1.165) is 22.0 Å². The Labute approximate surface area is 143 Å². The van der Waals surface area contributed by atoms with Crippen LogP contribution in [0.25, 0.3) is 0 Å². The molecule has 3 nitrogen and oxygen atoms in total. The number of nitrogens with zero attached hydrogens (tertiary/aromatic N) is 1. The molecule has 2 heterocycles. The fourth-order valence-corrected chi connectivity index (χ4v) is 3.75. The molecule has 0 fully saturated rings. The average Bonchev–Trinajstić information content (AvgIpc) is 3.08. The Morgan fingerprint density at radius 1 is 1.22 bits per heavy atom. The van der Waals surface area contributed by atoms with Gasteiger partial charge in [0.05, 0.1) is 11.3 Å². The molecule has 0 aliphatic carbocycles. The zero-order valence-corrected chi connectivity index (χ0v) is 14.3. The number of rotatable bonds is 5. The van der Waals surface area contributed by atoms with Gasteiger partial charge in [0.2, 0.25) is 0 Å². The van der Waals surface area contributed by atoms with Crippen molar-refractivity contribution in [2.75, 3.05) is 5.32 Å². The molecule has 0 aliphatic heterocycles. The highest BCUT2D eigenvalue weighted by Crippen LogP contribution is 2.30. The lowest BCUT2D eigenvalue weighted by Crippen LogP contribution is -2.12. The number of hydrogen-bond donors (Lipinski definition) is 1. The largest absolute Gasteiger partial charge is 0.321 e. The summed E-state index contributed by atoms with van der Waals surface area (Å²) in [5.74, 6) is 0.753. The fourth-order valence-electron chi connectivity index (χ4n) is 2.03. The van der Waals surface area contributed by atoms with Crippen molar-refractivity contribution in [2.45, 2.75) is 17.6 Å². The highest BCUT2D eigenvalue weighted by atomic mass is 32.2. The van der Waals surface area contributed by atoms with Crippen LogP contribution in [0.3, 0.4) is 0 Å². The molecule has 0 aliphatic rings. The van der Waals surface area contributed by atoms with Gasteiger partial charge in [-0.2, -0.15) is 11.3 Å². The smallest absolute Gasteiger partial charge is 0.257 e. The van der Waals surface area contributed by atoms with E-state index in [1.54, 1.807) is 35.4 Å². The summed E-state index contributed by atoms with van der Waals surface area (Å²) in [5, 5.41) is 7.20. The molecule has 0 saturated heterocycles. The minimum Gasteiger partial charge on any atom is -0.321 e. The summed E-state index contributed by atoms with van der Waals surface area (Å²) in [6.07, 6.45) is 1.60. The predicted molar refractivity (Wildman–Crippen MR) is 97.2 cm³/mol. The number of carbonyl (C=O) groups is 1. The first kappa shape index (κ1) is 15.8. The van der Waals surface area contributed by atoms with Crippen molar-refractivity contribution in [3.05, 3.63) is 76.2 Å². The number of carbonyl (C=O) groups excluding carboxylic acids is 1. The van der Waals surface area contributed by atoms with Gasteiger partial charge in [0.1, 0.15) is 0 Å². The number of amides is 1. The highest BCUT2D eigenvalue weighted by Gasteiger charge is 2.10. The molecular weight excluding hydrogens is 324 g/mol. The minimum atomic E-state index is -0.138. The second-order valence-corrected chi connectivity index (χ2v) is 6.86. The van der Waals surface area contributed by atoms with Crippen molar-refractivity contribution >= 4 is 34.7 Å². The molecule has 1 N–H and O–H groups in total. The number of thiophene rings is 1. The number of anilines is 1. The van der Waals surface area contributed by atoms with Gasteiger partial charge in [-0.05, 0) is 53.6 Å². The fraction of sp³-hybridized carbons (Fsp3) is 0.111. The third kappa shape index (κ3) is 4.21. The van der Waals surface area contributed by atoms with E-state index < -0.39 is 0 Å². The number of pyridine rings is 1. The third-order valence-corrected chi connectivity index (χ3v) is 5.16. The monoisotopic (exact) mass is 340 g/mol. The number of benzene rings is 1. The second-order valence-electron chi connectivity index (χ2n) is 5.06. The van der Waals surface area contributed by atoms with Gasteiger partial charge in [0.25, 0.3) is 5.91 Å². The number of aromatic nitrogens is 1.